The van der Waals surface area contributed by atoms with E-state index in [4.69, 9.17) is 4.74 Å². The molecule has 3 aromatic rings. The molecular weight excluding hydrogens is 431 g/mol. The number of amides is 1. The van der Waals surface area contributed by atoms with Gasteiger partial charge in [0.05, 0.1) is 5.75 Å². The number of anilines is 1. The highest BCUT2D eigenvalue weighted by atomic mass is 32.2. The summed E-state index contributed by atoms with van der Waals surface area (Å²) in [6.45, 7) is 7.31. The summed E-state index contributed by atoms with van der Waals surface area (Å²) in [7, 11) is 0. The molecule has 9 heteroatoms. The van der Waals surface area contributed by atoms with Gasteiger partial charge in [0.2, 0.25) is 5.91 Å². The zero-order valence-electron chi connectivity index (χ0n) is 18.3. The normalized spacial score (nSPS) is 11.9. The minimum Gasteiger partial charge on any atom is -0.483 e. The number of ketones is 1. The predicted octanol–water partition coefficient (Wildman–Crippen LogP) is 5.07. The van der Waals surface area contributed by atoms with E-state index in [2.05, 4.69) is 15.5 Å². The van der Waals surface area contributed by atoms with Gasteiger partial charge in [0, 0.05) is 17.3 Å². The standard InChI is InChI=1S/C23H25FN4O3S/c1-14(2)28-22(16(4)31-20-10-8-18(24)9-11-20)26-27-23(28)32-13-21(30)25-19-7-5-6-17(12-19)15(3)29/h5-12,14,16H,13H2,1-4H3,(H,25,30). The van der Waals surface area contributed by atoms with Crippen molar-refractivity contribution in [1.29, 1.82) is 0 Å². The van der Waals surface area contributed by atoms with Crippen molar-refractivity contribution in [2.75, 3.05) is 11.1 Å². The Morgan fingerprint density at radius 1 is 1.12 bits per heavy atom. The van der Waals surface area contributed by atoms with Crippen molar-refractivity contribution in [2.45, 2.75) is 45.0 Å². The molecule has 1 amide bonds. The maximum absolute atomic E-state index is 13.1. The number of hydrogen-bond donors (Lipinski definition) is 1. The highest BCUT2D eigenvalue weighted by Gasteiger charge is 2.22. The molecule has 3 rings (SSSR count). The van der Waals surface area contributed by atoms with Gasteiger partial charge in [-0.1, -0.05) is 23.9 Å². The summed E-state index contributed by atoms with van der Waals surface area (Å²) in [6, 6.07) is 12.6. The minimum atomic E-state index is -0.423. The number of halogens is 1. The molecule has 0 saturated heterocycles. The second-order valence-corrected chi connectivity index (χ2v) is 8.43. The van der Waals surface area contributed by atoms with Crippen LogP contribution >= 0.6 is 11.8 Å². The number of nitrogens with zero attached hydrogens (tertiary/aromatic N) is 3. The van der Waals surface area contributed by atoms with Crippen LogP contribution in [0.4, 0.5) is 10.1 Å². The van der Waals surface area contributed by atoms with E-state index in [1.54, 1.807) is 36.4 Å². The lowest BCUT2D eigenvalue weighted by molar-refractivity contribution is -0.113. The van der Waals surface area contributed by atoms with Crippen molar-refractivity contribution in [1.82, 2.24) is 14.8 Å². The largest absolute Gasteiger partial charge is 0.483 e. The molecule has 0 radical (unpaired) electrons. The Bertz CT molecular complexity index is 1100. The minimum absolute atomic E-state index is 0.0390. The Kier molecular flexibility index (Phi) is 7.63. The number of carbonyl (C=O) groups is 2. The van der Waals surface area contributed by atoms with Gasteiger partial charge in [0.15, 0.2) is 22.9 Å². The van der Waals surface area contributed by atoms with Crippen LogP contribution in [0.1, 0.15) is 56.0 Å². The fourth-order valence-electron chi connectivity index (χ4n) is 3.06. The topological polar surface area (TPSA) is 86.1 Å². The van der Waals surface area contributed by atoms with Crippen LogP contribution in [0.15, 0.2) is 53.7 Å². The van der Waals surface area contributed by atoms with Crippen LogP contribution in [0.25, 0.3) is 0 Å². The molecular formula is C23H25FN4O3S. The number of aromatic nitrogens is 3. The maximum atomic E-state index is 13.1. The molecule has 1 aromatic heterocycles. The van der Waals surface area contributed by atoms with E-state index in [0.29, 0.717) is 28.0 Å². The second kappa shape index (κ2) is 10.4. The van der Waals surface area contributed by atoms with Gasteiger partial charge in [-0.2, -0.15) is 0 Å². The summed E-state index contributed by atoms with van der Waals surface area (Å²) in [6.07, 6.45) is -0.423. The Morgan fingerprint density at radius 2 is 1.84 bits per heavy atom. The smallest absolute Gasteiger partial charge is 0.234 e. The van der Waals surface area contributed by atoms with Crippen LogP contribution in [-0.4, -0.2) is 32.2 Å². The third-order valence-electron chi connectivity index (χ3n) is 4.58. The first-order valence-corrected chi connectivity index (χ1v) is 11.1. The van der Waals surface area contributed by atoms with E-state index in [9.17, 15) is 14.0 Å². The van der Waals surface area contributed by atoms with Crippen LogP contribution in [0, 0.1) is 5.82 Å². The number of hydrogen-bond acceptors (Lipinski definition) is 6. The fourth-order valence-corrected chi connectivity index (χ4v) is 3.94. The van der Waals surface area contributed by atoms with E-state index in [1.165, 1.54) is 30.8 Å². The lowest BCUT2D eigenvalue weighted by Gasteiger charge is -2.18. The average Bonchev–Trinajstić information content (AvgIpc) is 3.18. The molecule has 1 N–H and O–H groups in total. The summed E-state index contributed by atoms with van der Waals surface area (Å²) >= 11 is 1.26. The Balaban J connectivity index is 1.67. The first-order chi connectivity index (χ1) is 15.2. The number of Topliss-reactive ketones (excluding diaryl/α,β-unsaturated/α-hetero) is 1. The molecule has 1 unspecified atom stereocenters. The van der Waals surface area contributed by atoms with E-state index in [1.807, 2.05) is 25.3 Å². The van der Waals surface area contributed by atoms with E-state index in [-0.39, 0.29) is 29.3 Å². The van der Waals surface area contributed by atoms with Crippen molar-refractivity contribution >= 4 is 29.1 Å². The molecule has 32 heavy (non-hydrogen) atoms. The first-order valence-electron chi connectivity index (χ1n) is 10.1. The van der Waals surface area contributed by atoms with Crippen LogP contribution in [0.2, 0.25) is 0 Å². The second-order valence-electron chi connectivity index (χ2n) is 7.49. The van der Waals surface area contributed by atoms with Crippen LogP contribution in [0.5, 0.6) is 5.75 Å². The number of benzene rings is 2. The molecule has 0 aliphatic heterocycles. The van der Waals surface area contributed by atoms with E-state index < -0.39 is 6.10 Å². The van der Waals surface area contributed by atoms with Gasteiger partial charge >= 0.3 is 0 Å². The predicted molar refractivity (Wildman–Crippen MR) is 122 cm³/mol. The summed E-state index contributed by atoms with van der Waals surface area (Å²) in [5.41, 5.74) is 1.10. The van der Waals surface area contributed by atoms with Crippen molar-refractivity contribution < 1.29 is 18.7 Å². The number of nitrogens with one attached hydrogen (secondary N) is 1. The summed E-state index contributed by atoms with van der Waals surface area (Å²) < 4.78 is 20.9. The van der Waals surface area contributed by atoms with Gasteiger partial charge in [0.25, 0.3) is 0 Å². The van der Waals surface area contributed by atoms with Gasteiger partial charge in [-0.3, -0.25) is 9.59 Å². The number of ether oxygens (including phenoxy) is 1. The van der Waals surface area contributed by atoms with Crippen molar-refractivity contribution in [3.8, 4) is 5.75 Å². The zero-order valence-corrected chi connectivity index (χ0v) is 19.1. The van der Waals surface area contributed by atoms with Crippen molar-refractivity contribution in [3.63, 3.8) is 0 Å². The summed E-state index contributed by atoms with van der Waals surface area (Å²) in [5, 5.41) is 11.9. The Morgan fingerprint density at radius 3 is 2.50 bits per heavy atom. The molecule has 0 aliphatic carbocycles. The third kappa shape index (κ3) is 5.94. The van der Waals surface area contributed by atoms with Crippen LogP contribution in [-0.2, 0) is 4.79 Å². The van der Waals surface area contributed by atoms with Gasteiger partial charge in [-0.25, -0.2) is 4.39 Å². The molecule has 0 bridgehead atoms. The summed E-state index contributed by atoms with van der Waals surface area (Å²) in [5.74, 6) is 0.652. The SMILES string of the molecule is CC(=O)c1cccc(NC(=O)CSc2nnc(C(C)Oc3ccc(F)cc3)n2C(C)C)c1. The molecule has 1 heterocycles. The quantitative estimate of drug-likeness (QED) is 0.357. The van der Waals surface area contributed by atoms with Gasteiger partial charge < -0.3 is 14.6 Å². The highest BCUT2D eigenvalue weighted by molar-refractivity contribution is 7.99. The molecule has 2 aromatic carbocycles. The lowest BCUT2D eigenvalue weighted by atomic mass is 10.1. The maximum Gasteiger partial charge on any atom is 0.234 e. The highest BCUT2D eigenvalue weighted by Crippen LogP contribution is 2.28. The third-order valence-corrected chi connectivity index (χ3v) is 5.53. The number of thioether (sulfide) groups is 1. The monoisotopic (exact) mass is 456 g/mol. The van der Waals surface area contributed by atoms with Gasteiger partial charge in [-0.05, 0) is 64.1 Å². The number of carbonyl (C=O) groups excluding carboxylic acids is 2. The van der Waals surface area contributed by atoms with Crippen LogP contribution < -0.4 is 10.1 Å². The Hall–Kier alpha value is -3.20. The fraction of sp³-hybridized carbons (Fsp3) is 0.304. The van der Waals surface area contributed by atoms with Crippen molar-refractivity contribution in [2.24, 2.45) is 0 Å². The van der Waals surface area contributed by atoms with Crippen LogP contribution in [0.3, 0.4) is 0 Å². The summed E-state index contributed by atoms with van der Waals surface area (Å²) in [4.78, 5) is 23.9. The molecule has 7 nitrogen and oxygen atoms in total. The lowest BCUT2D eigenvalue weighted by Crippen LogP contribution is -2.16. The van der Waals surface area contributed by atoms with E-state index in [0.717, 1.165) is 0 Å². The first kappa shape index (κ1) is 23.5. The molecule has 0 saturated carbocycles. The Labute approximate surface area is 190 Å². The average molecular weight is 457 g/mol. The molecule has 0 aliphatic rings. The van der Waals surface area contributed by atoms with E-state index >= 15 is 0 Å². The molecule has 0 fully saturated rings. The molecule has 0 spiro atoms. The van der Waals surface area contributed by atoms with Gasteiger partial charge in [-0.15, -0.1) is 10.2 Å². The molecule has 1 atom stereocenters. The number of rotatable bonds is 9. The molecule has 168 valence electrons. The van der Waals surface area contributed by atoms with Crippen molar-refractivity contribution in [3.05, 3.63) is 65.7 Å². The zero-order chi connectivity index (χ0) is 23.3. The van der Waals surface area contributed by atoms with Gasteiger partial charge in [0.1, 0.15) is 11.6 Å².